The lowest BCUT2D eigenvalue weighted by atomic mass is 10.1. The first-order chi connectivity index (χ1) is 12.8. The molecule has 1 aromatic carbocycles. The summed E-state index contributed by atoms with van der Waals surface area (Å²) in [4.78, 5) is 5.76. The largest absolute Gasteiger partial charge is 0.447 e. The van der Waals surface area contributed by atoms with Crippen LogP contribution in [-0.4, -0.2) is 20.9 Å². The number of ether oxygens (including phenoxy) is 1. The second kappa shape index (κ2) is 8.05. The summed E-state index contributed by atoms with van der Waals surface area (Å²) in [5.74, 6) is 1.53. The van der Waals surface area contributed by atoms with E-state index in [1.807, 2.05) is 35.7 Å². The number of benzene rings is 1. The number of thioether (sulfide) groups is 1. The second-order valence-corrected chi connectivity index (χ2v) is 8.05. The maximum atomic E-state index is 6.22. The summed E-state index contributed by atoms with van der Waals surface area (Å²) in [6.07, 6.45) is 3.30. The van der Waals surface area contributed by atoms with Crippen LogP contribution in [0.15, 0.2) is 46.9 Å². The molecule has 26 heavy (non-hydrogen) atoms. The van der Waals surface area contributed by atoms with Gasteiger partial charge in [-0.2, -0.15) is 4.98 Å². The molecule has 1 N–H and O–H groups in total. The fraction of sp³-hybridized carbons (Fsp3) is 0.316. The highest BCUT2D eigenvalue weighted by atomic mass is 32.2. The van der Waals surface area contributed by atoms with Crippen molar-refractivity contribution in [2.24, 2.45) is 0 Å². The van der Waals surface area contributed by atoms with Crippen LogP contribution < -0.4 is 10.1 Å². The van der Waals surface area contributed by atoms with Crippen LogP contribution >= 0.6 is 23.1 Å². The maximum Gasteiger partial charge on any atom is 0.247 e. The van der Waals surface area contributed by atoms with Gasteiger partial charge in [-0.15, -0.1) is 21.5 Å². The van der Waals surface area contributed by atoms with Crippen molar-refractivity contribution in [3.8, 4) is 17.1 Å². The van der Waals surface area contributed by atoms with Crippen molar-refractivity contribution in [3.63, 3.8) is 0 Å². The molecule has 0 spiro atoms. The van der Waals surface area contributed by atoms with Gasteiger partial charge >= 0.3 is 0 Å². The molecule has 0 amide bonds. The van der Waals surface area contributed by atoms with E-state index in [9.17, 15) is 0 Å². The van der Waals surface area contributed by atoms with Gasteiger partial charge in [0.1, 0.15) is 0 Å². The number of nitrogens with zero attached hydrogens (tertiary/aromatic N) is 3. The van der Waals surface area contributed by atoms with Crippen LogP contribution in [0.1, 0.15) is 37.3 Å². The molecule has 2 aromatic heterocycles. The van der Waals surface area contributed by atoms with E-state index >= 15 is 0 Å². The topological polar surface area (TPSA) is 59.9 Å². The van der Waals surface area contributed by atoms with Gasteiger partial charge < -0.3 is 10.1 Å². The normalized spacial score (nSPS) is 15.3. The van der Waals surface area contributed by atoms with E-state index < -0.39 is 0 Å². The van der Waals surface area contributed by atoms with E-state index in [4.69, 9.17) is 4.74 Å². The molecule has 0 fully saturated rings. The molecule has 5 nitrogen and oxygen atoms in total. The fourth-order valence-corrected chi connectivity index (χ4v) is 4.27. The smallest absolute Gasteiger partial charge is 0.247 e. The number of hydrogen-bond donors (Lipinski definition) is 1. The molecule has 0 bridgehead atoms. The van der Waals surface area contributed by atoms with Gasteiger partial charge in [-0.05, 0) is 23.9 Å². The summed E-state index contributed by atoms with van der Waals surface area (Å²) < 4.78 is 6.22. The summed E-state index contributed by atoms with van der Waals surface area (Å²) in [5, 5.41) is 14.9. The quantitative estimate of drug-likeness (QED) is 0.454. The van der Waals surface area contributed by atoms with E-state index in [-0.39, 0.29) is 6.23 Å². The lowest BCUT2D eigenvalue weighted by Gasteiger charge is -2.17. The molecule has 0 saturated heterocycles. The Bertz CT molecular complexity index is 870. The molecule has 134 valence electrons. The van der Waals surface area contributed by atoms with Gasteiger partial charge in [0.25, 0.3) is 0 Å². The van der Waals surface area contributed by atoms with Crippen molar-refractivity contribution in [3.05, 3.63) is 46.7 Å². The number of aromatic nitrogens is 3. The summed E-state index contributed by atoms with van der Waals surface area (Å²) >= 11 is 3.29. The van der Waals surface area contributed by atoms with E-state index in [0.717, 1.165) is 28.3 Å². The predicted molar refractivity (Wildman–Crippen MR) is 107 cm³/mol. The van der Waals surface area contributed by atoms with Crippen molar-refractivity contribution in [2.45, 2.75) is 37.6 Å². The summed E-state index contributed by atoms with van der Waals surface area (Å²) in [5.41, 5.74) is 2.62. The Balaban J connectivity index is 1.67. The van der Waals surface area contributed by atoms with Gasteiger partial charge in [-0.1, -0.05) is 55.8 Å². The zero-order chi connectivity index (χ0) is 17.8. The molecule has 0 unspecified atom stereocenters. The van der Waals surface area contributed by atoms with E-state index in [0.29, 0.717) is 16.7 Å². The number of nitrogens with one attached hydrogen (secondary N) is 1. The van der Waals surface area contributed by atoms with Crippen LogP contribution in [0.3, 0.4) is 0 Å². The van der Waals surface area contributed by atoms with E-state index in [2.05, 4.69) is 33.5 Å². The number of unbranched alkanes of at least 4 members (excludes halogenated alkanes) is 2. The third-order valence-electron chi connectivity index (χ3n) is 4.11. The van der Waals surface area contributed by atoms with E-state index in [1.165, 1.54) is 12.8 Å². The van der Waals surface area contributed by atoms with Crippen LogP contribution in [-0.2, 0) is 0 Å². The van der Waals surface area contributed by atoms with Crippen LogP contribution in [0.2, 0.25) is 0 Å². The van der Waals surface area contributed by atoms with Crippen molar-refractivity contribution in [1.82, 2.24) is 15.2 Å². The second-order valence-electron chi connectivity index (χ2n) is 6.01. The van der Waals surface area contributed by atoms with Crippen LogP contribution in [0.4, 0.5) is 5.69 Å². The molecule has 1 aliphatic rings. The number of hydrogen-bond acceptors (Lipinski definition) is 7. The highest BCUT2D eigenvalue weighted by Crippen LogP contribution is 2.40. The Morgan fingerprint density at radius 3 is 2.92 bits per heavy atom. The number of fused-ring (bicyclic) bond motifs is 3. The monoisotopic (exact) mass is 384 g/mol. The standard InChI is InChI=1S/C19H20N4OS2/c1-2-3-6-11-26-19-21-18-16(22-23-19)13-8-4-5-9-14(13)20-17(24-18)15-10-7-12-25-15/h4-5,7-10,12,17,20H,2-3,6,11H2,1H3/t17-/m0/s1. The Hall–Kier alpha value is -2.12. The zero-order valence-corrected chi connectivity index (χ0v) is 16.1. The number of anilines is 1. The highest BCUT2D eigenvalue weighted by Gasteiger charge is 2.26. The van der Waals surface area contributed by atoms with Gasteiger partial charge in [0, 0.05) is 17.0 Å². The summed E-state index contributed by atoms with van der Waals surface area (Å²) in [6, 6.07) is 12.1. The van der Waals surface area contributed by atoms with Crippen LogP contribution in [0.5, 0.6) is 5.88 Å². The zero-order valence-electron chi connectivity index (χ0n) is 14.5. The predicted octanol–water partition coefficient (Wildman–Crippen LogP) is 5.39. The highest BCUT2D eigenvalue weighted by molar-refractivity contribution is 7.99. The molecule has 3 heterocycles. The summed E-state index contributed by atoms with van der Waals surface area (Å²) in [7, 11) is 0. The molecule has 0 saturated carbocycles. The lowest BCUT2D eigenvalue weighted by molar-refractivity contribution is 0.229. The van der Waals surface area contributed by atoms with Crippen LogP contribution in [0.25, 0.3) is 11.3 Å². The molecule has 3 aromatic rings. The average Bonchev–Trinajstić information content (AvgIpc) is 3.15. The van der Waals surface area contributed by atoms with Crippen molar-refractivity contribution in [1.29, 1.82) is 0 Å². The number of thiophene rings is 1. The minimum Gasteiger partial charge on any atom is -0.447 e. The molecule has 0 aliphatic carbocycles. The van der Waals surface area contributed by atoms with Gasteiger partial charge in [-0.25, -0.2) is 0 Å². The van der Waals surface area contributed by atoms with Crippen molar-refractivity contribution >= 4 is 28.8 Å². The minimum absolute atomic E-state index is 0.285. The third kappa shape index (κ3) is 3.68. The first kappa shape index (κ1) is 17.3. The lowest BCUT2D eigenvalue weighted by Crippen LogP contribution is -2.15. The minimum atomic E-state index is -0.285. The first-order valence-electron chi connectivity index (χ1n) is 8.78. The molecular weight excluding hydrogens is 364 g/mol. The van der Waals surface area contributed by atoms with Gasteiger partial charge in [0.15, 0.2) is 5.69 Å². The number of para-hydroxylation sites is 1. The van der Waals surface area contributed by atoms with Gasteiger partial charge in [0.2, 0.25) is 17.3 Å². The van der Waals surface area contributed by atoms with Gasteiger partial charge in [0.05, 0.1) is 4.88 Å². The van der Waals surface area contributed by atoms with Crippen molar-refractivity contribution in [2.75, 3.05) is 11.1 Å². The Morgan fingerprint density at radius 2 is 2.08 bits per heavy atom. The molecule has 0 radical (unpaired) electrons. The van der Waals surface area contributed by atoms with Gasteiger partial charge in [-0.3, -0.25) is 0 Å². The van der Waals surface area contributed by atoms with Crippen molar-refractivity contribution < 1.29 is 4.74 Å². The third-order valence-corrected chi connectivity index (χ3v) is 5.95. The van der Waals surface area contributed by atoms with E-state index in [1.54, 1.807) is 23.1 Å². The Morgan fingerprint density at radius 1 is 1.15 bits per heavy atom. The Kier molecular flexibility index (Phi) is 5.36. The summed E-state index contributed by atoms with van der Waals surface area (Å²) in [6.45, 7) is 2.20. The molecule has 7 heteroatoms. The molecule has 4 rings (SSSR count). The SMILES string of the molecule is CCCCCSc1nnc2c(n1)O[C@@H](c1cccs1)Nc1ccccc1-2. The number of rotatable bonds is 6. The molecule has 1 aliphatic heterocycles. The van der Waals surface area contributed by atoms with Crippen LogP contribution in [0, 0.1) is 0 Å². The molecule has 1 atom stereocenters. The molecular formula is C19H20N4OS2. The fourth-order valence-electron chi connectivity index (χ4n) is 2.79. The Labute approximate surface area is 161 Å². The first-order valence-corrected chi connectivity index (χ1v) is 10.6. The average molecular weight is 385 g/mol. The maximum absolute atomic E-state index is 6.22.